The van der Waals surface area contributed by atoms with Crippen LogP contribution >= 0.6 is 0 Å². The zero-order valence-electron chi connectivity index (χ0n) is 7.84. The monoisotopic (exact) mass is 226 g/mol. The number of hydrogen-bond donors (Lipinski definition) is 0. The molecule has 0 bridgehead atoms. The molecule has 11 heavy (non-hydrogen) atoms. The van der Waals surface area contributed by atoms with Crippen LogP contribution in [0.1, 0.15) is 19.8 Å². The van der Waals surface area contributed by atoms with Crippen molar-refractivity contribution in [3.05, 3.63) is 5.32 Å². The summed E-state index contributed by atoms with van der Waals surface area (Å²) in [6.07, 6.45) is 2.54. The Kier molecular flexibility index (Phi) is 9.64. The molecule has 3 heteroatoms. The first-order valence-corrected chi connectivity index (χ1v) is 4.29. The summed E-state index contributed by atoms with van der Waals surface area (Å²) in [5, 5.41) is 4.36. The summed E-state index contributed by atoms with van der Waals surface area (Å²) in [6, 6.07) is 0. The van der Waals surface area contributed by atoms with E-state index in [0.717, 1.165) is 13.1 Å². The normalized spacial score (nSPS) is 20.5. The molecule has 0 unspecified atom stereocenters. The zero-order valence-corrected chi connectivity index (χ0v) is 12.8. The Hall–Kier alpha value is 1.73. The average Bonchev–Trinajstić information content (AvgIpc) is 2.17. The molecule has 1 fully saturated rings. The second kappa shape index (κ2) is 8.33. The third-order valence-electron chi connectivity index (χ3n) is 1.90. The largest absolute Gasteiger partial charge is 1.00 e. The second-order valence-electron chi connectivity index (χ2n) is 2.87. The first kappa shape index (κ1) is 12.7. The van der Waals surface area contributed by atoms with Gasteiger partial charge in [-0.3, -0.25) is 0 Å². The van der Waals surface area contributed by atoms with Crippen molar-refractivity contribution in [3.63, 3.8) is 0 Å². The van der Waals surface area contributed by atoms with E-state index in [1.165, 1.54) is 32.5 Å². The van der Waals surface area contributed by atoms with E-state index < -0.39 is 0 Å². The summed E-state index contributed by atoms with van der Waals surface area (Å²) in [6.45, 7) is 8.09. The van der Waals surface area contributed by atoms with E-state index in [1.54, 1.807) is 0 Å². The molecule has 1 heterocycles. The van der Waals surface area contributed by atoms with E-state index in [1.807, 2.05) is 0 Å². The molecule has 0 aromatic carbocycles. The Labute approximate surface area is 119 Å². The van der Waals surface area contributed by atoms with E-state index >= 15 is 0 Å². The second-order valence-corrected chi connectivity index (χ2v) is 2.87. The third-order valence-corrected chi connectivity index (χ3v) is 1.90. The molecule has 60 valence electrons. The summed E-state index contributed by atoms with van der Waals surface area (Å²) in [5.74, 6) is 0. The Morgan fingerprint density at radius 1 is 1.27 bits per heavy atom. The van der Waals surface area contributed by atoms with Crippen LogP contribution in [0.3, 0.4) is 0 Å². The maximum Gasteiger partial charge on any atom is 1.00 e. The van der Waals surface area contributed by atoms with Crippen LogP contribution in [0, 0.1) is 0 Å². The average molecular weight is 227 g/mol. The smallest absolute Gasteiger partial charge is 0.661 e. The predicted molar refractivity (Wildman–Crippen MR) is 44.4 cm³/mol. The molecule has 0 amide bonds. The van der Waals surface area contributed by atoms with Crippen molar-refractivity contribution in [1.82, 2.24) is 4.90 Å². The standard InChI is InChI=1S/C8H17N2.Rb/c1-2-6-10-7-3-4-9-5-8-10;/h2-8H2,1H3;/q-1;+1. The molecule has 2 nitrogen and oxygen atoms in total. The molecule has 1 rings (SSSR count). The van der Waals surface area contributed by atoms with Crippen LogP contribution in [0.2, 0.25) is 0 Å². The van der Waals surface area contributed by atoms with Gasteiger partial charge in [-0.1, -0.05) is 13.3 Å². The van der Waals surface area contributed by atoms with Gasteiger partial charge in [0.2, 0.25) is 0 Å². The molecule has 0 aromatic heterocycles. The molecule has 0 saturated carbocycles. The van der Waals surface area contributed by atoms with Gasteiger partial charge in [0, 0.05) is 0 Å². The van der Waals surface area contributed by atoms with Gasteiger partial charge in [-0.25, -0.2) is 0 Å². The molecule has 1 aliphatic heterocycles. The maximum absolute atomic E-state index is 4.36. The van der Waals surface area contributed by atoms with Crippen molar-refractivity contribution in [2.75, 3.05) is 32.7 Å². The van der Waals surface area contributed by atoms with Gasteiger partial charge in [-0.2, -0.15) is 0 Å². The zero-order chi connectivity index (χ0) is 7.23. The molecule has 0 spiro atoms. The first-order valence-electron chi connectivity index (χ1n) is 4.29. The van der Waals surface area contributed by atoms with Crippen molar-refractivity contribution in [2.24, 2.45) is 0 Å². The molecule has 1 saturated heterocycles. The van der Waals surface area contributed by atoms with Gasteiger partial charge in [-0.05, 0) is 26.1 Å². The van der Waals surface area contributed by atoms with Crippen LogP contribution < -0.4 is 58.2 Å². The fourth-order valence-electron chi connectivity index (χ4n) is 1.38. The van der Waals surface area contributed by atoms with Crippen LogP contribution in [0.5, 0.6) is 0 Å². The van der Waals surface area contributed by atoms with E-state index in [2.05, 4.69) is 17.1 Å². The summed E-state index contributed by atoms with van der Waals surface area (Å²) < 4.78 is 0. The number of hydrogen-bond acceptors (Lipinski definition) is 1. The van der Waals surface area contributed by atoms with Gasteiger partial charge in [0.05, 0.1) is 0 Å². The summed E-state index contributed by atoms with van der Waals surface area (Å²) >= 11 is 0. The Bertz CT molecular complexity index is 80.2. The van der Waals surface area contributed by atoms with Crippen LogP contribution in [0.25, 0.3) is 5.32 Å². The molecular weight excluding hydrogens is 210 g/mol. The predicted octanol–water partition coefficient (Wildman–Crippen LogP) is -1.52. The van der Waals surface area contributed by atoms with Crippen molar-refractivity contribution in [1.29, 1.82) is 0 Å². The topological polar surface area (TPSA) is 17.3 Å². The quantitative estimate of drug-likeness (QED) is 0.559. The number of rotatable bonds is 2. The molecule has 0 N–H and O–H groups in total. The summed E-state index contributed by atoms with van der Waals surface area (Å²) in [7, 11) is 0. The van der Waals surface area contributed by atoms with Gasteiger partial charge >= 0.3 is 58.2 Å². The Morgan fingerprint density at radius 3 is 2.82 bits per heavy atom. The third kappa shape index (κ3) is 5.89. The minimum absolute atomic E-state index is 0. The van der Waals surface area contributed by atoms with Crippen LogP contribution in [0.15, 0.2) is 0 Å². The van der Waals surface area contributed by atoms with Gasteiger partial charge in [0.25, 0.3) is 0 Å². The van der Waals surface area contributed by atoms with Crippen LogP contribution in [-0.2, 0) is 0 Å². The van der Waals surface area contributed by atoms with Crippen molar-refractivity contribution in [2.45, 2.75) is 19.8 Å². The van der Waals surface area contributed by atoms with Crippen molar-refractivity contribution >= 4 is 0 Å². The van der Waals surface area contributed by atoms with E-state index in [0.29, 0.717) is 0 Å². The Balaban J connectivity index is 0.000001000. The Morgan fingerprint density at radius 2 is 2.09 bits per heavy atom. The van der Waals surface area contributed by atoms with Crippen LogP contribution in [-0.4, -0.2) is 37.6 Å². The van der Waals surface area contributed by atoms with Gasteiger partial charge in [0.1, 0.15) is 0 Å². The molecular formula is C8H17N2Rb. The summed E-state index contributed by atoms with van der Waals surface area (Å²) in [5.41, 5.74) is 0. The summed E-state index contributed by atoms with van der Waals surface area (Å²) in [4.78, 5) is 2.51. The van der Waals surface area contributed by atoms with Crippen molar-refractivity contribution in [3.8, 4) is 0 Å². The van der Waals surface area contributed by atoms with E-state index in [4.69, 9.17) is 0 Å². The van der Waals surface area contributed by atoms with E-state index in [9.17, 15) is 0 Å². The van der Waals surface area contributed by atoms with Crippen LogP contribution in [0.4, 0.5) is 0 Å². The number of nitrogens with zero attached hydrogens (tertiary/aromatic N) is 2. The fourth-order valence-corrected chi connectivity index (χ4v) is 1.38. The molecule has 0 atom stereocenters. The molecule has 1 aliphatic rings. The fraction of sp³-hybridized carbons (Fsp3) is 1.00. The minimum Gasteiger partial charge on any atom is -0.661 e. The van der Waals surface area contributed by atoms with Crippen molar-refractivity contribution < 1.29 is 58.2 Å². The molecule has 0 aromatic rings. The van der Waals surface area contributed by atoms with Gasteiger partial charge < -0.3 is 10.2 Å². The van der Waals surface area contributed by atoms with E-state index in [-0.39, 0.29) is 58.2 Å². The molecule has 0 aliphatic carbocycles. The first-order chi connectivity index (χ1) is 4.93. The maximum atomic E-state index is 4.36. The van der Waals surface area contributed by atoms with Gasteiger partial charge in [0.15, 0.2) is 0 Å². The SMILES string of the molecule is CCCN1CCC[N-]CC1.[Rb+]. The minimum atomic E-state index is 0. The van der Waals surface area contributed by atoms with Gasteiger partial charge in [-0.15, -0.1) is 13.1 Å². The molecule has 0 radical (unpaired) electrons.